The van der Waals surface area contributed by atoms with Gasteiger partial charge < -0.3 is 5.11 Å². The van der Waals surface area contributed by atoms with Crippen molar-refractivity contribution in [3.63, 3.8) is 0 Å². The molecular weight excluding hydrogens is 278 g/mol. The second kappa shape index (κ2) is 7.20. The topological polar surface area (TPSA) is 56.7 Å². The zero-order valence-electron chi connectivity index (χ0n) is 13.0. The van der Waals surface area contributed by atoms with Gasteiger partial charge in [0.1, 0.15) is 0 Å². The van der Waals surface area contributed by atoms with Crippen LogP contribution in [-0.2, 0) is 11.3 Å². The molecule has 3 heterocycles. The number of nitrogens with zero attached hydrogens (tertiary/aromatic N) is 3. The second-order valence-corrected chi connectivity index (χ2v) is 6.54. The summed E-state index contributed by atoms with van der Waals surface area (Å²) in [5.41, 5.74) is 1.27. The smallest absolute Gasteiger partial charge is 0.307 e. The highest BCUT2D eigenvalue weighted by molar-refractivity contribution is 5.70. The van der Waals surface area contributed by atoms with Crippen molar-refractivity contribution >= 4 is 5.97 Å². The lowest BCUT2D eigenvalue weighted by atomic mass is 9.94. The predicted molar refractivity (Wildman–Crippen MR) is 84.5 cm³/mol. The van der Waals surface area contributed by atoms with Crippen LogP contribution in [0.1, 0.15) is 31.2 Å². The number of pyridine rings is 1. The molecule has 0 aromatic carbocycles. The Kier molecular flexibility index (Phi) is 5.05. The minimum atomic E-state index is -0.626. The molecule has 1 atom stereocenters. The van der Waals surface area contributed by atoms with Gasteiger partial charge in [-0.15, -0.1) is 0 Å². The quantitative estimate of drug-likeness (QED) is 0.920. The van der Waals surface area contributed by atoms with Gasteiger partial charge in [-0.3, -0.25) is 19.6 Å². The van der Waals surface area contributed by atoms with Gasteiger partial charge in [0.2, 0.25) is 0 Å². The fourth-order valence-corrected chi connectivity index (χ4v) is 3.73. The fourth-order valence-electron chi connectivity index (χ4n) is 3.73. The molecule has 5 nitrogen and oxygen atoms in total. The number of carbonyl (C=O) groups is 1. The Hall–Kier alpha value is -1.46. The normalized spacial score (nSPS) is 25.2. The van der Waals surface area contributed by atoms with Crippen molar-refractivity contribution in [3.05, 3.63) is 30.1 Å². The molecule has 1 unspecified atom stereocenters. The van der Waals surface area contributed by atoms with E-state index in [1.165, 1.54) is 5.56 Å². The third-order valence-electron chi connectivity index (χ3n) is 5.00. The molecule has 2 aliphatic heterocycles. The first-order chi connectivity index (χ1) is 10.7. The maximum atomic E-state index is 11.2. The van der Waals surface area contributed by atoms with E-state index in [1.807, 2.05) is 18.5 Å². The molecule has 22 heavy (non-hydrogen) atoms. The number of carboxylic acids is 1. The SMILES string of the molecule is O=C(O)C1CCCN(C2CCN(Cc3cccnc3)CC2)C1. The highest BCUT2D eigenvalue weighted by atomic mass is 16.4. The van der Waals surface area contributed by atoms with Crippen molar-refractivity contribution in [2.24, 2.45) is 5.92 Å². The molecule has 2 fully saturated rings. The van der Waals surface area contributed by atoms with E-state index in [9.17, 15) is 9.90 Å². The highest BCUT2D eigenvalue weighted by Gasteiger charge is 2.31. The fraction of sp³-hybridized carbons (Fsp3) is 0.647. The van der Waals surface area contributed by atoms with Gasteiger partial charge in [0.25, 0.3) is 0 Å². The summed E-state index contributed by atoms with van der Waals surface area (Å²) in [5.74, 6) is -0.791. The molecule has 1 aromatic rings. The molecule has 3 rings (SSSR count). The van der Waals surface area contributed by atoms with Gasteiger partial charge >= 0.3 is 5.97 Å². The first-order valence-corrected chi connectivity index (χ1v) is 8.30. The molecule has 0 aliphatic carbocycles. The molecule has 5 heteroatoms. The van der Waals surface area contributed by atoms with Crippen LogP contribution < -0.4 is 0 Å². The number of aliphatic carboxylic acids is 1. The zero-order chi connectivity index (χ0) is 15.4. The van der Waals surface area contributed by atoms with Gasteiger partial charge in [0.05, 0.1) is 5.92 Å². The summed E-state index contributed by atoms with van der Waals surface area (Å²) in [6, 6.07) is 4.68. The van der Waals surface area contributed by atoms with E-state index in [2.05, 4.69) is 20.9 Å². The Balaban J connectivity index is 1.48. The average molecular weight is 303 g/mol. The Bertz CT molecular complexity index is 486. The molecule has 2 saturated heterocycles. The van der Waals surface area contributed by atoms with Crippen LogP contribution in [0.3, 0.4) is 0 Å². The van der Waals surface area contributed by atoms with Crippen molar-refractivity contribution in [2.45, 2.75) is 38.3 Å². The number of likely N-dealkylation sites (tertiary alicyclic amines) is 2. The van der Waals surface area contributed by atoms with Crippen LogP contribution in [0, 0.1) is 5.92 Å². The maximum Gasteiger partial charge on any atom is 0.307 e. The first kappa shape index (κ1) is 15.4. The molecule has 0 bridgehead atoms. The van der Waals surface area contributed by atoms with Crippen LogP contribution in [0.25, 0.3) is 0 Å². The van der Waals surface area contributed by atoms with E-state index in [0.717, 1.165) is 58.4 Å². The van der Waals surface area contributed by atoms with E-state index < -0.39 is 5.97 Å². The summed E-state index contributed by atoms with van der Waals surface area (Å²) in [7, 11) is 0. The van der Waals surface area contributed by atoms with Crippen LogP contribution in [0.4, 0.5) is 0 Å². The van der Waals surface area contributed by atoms with Crippen molar-refractivity contribution < 1.29 is 9.90 Å². The lowest BCUT2D eigenvalue weighted by Crippen LogP contribution is -2.49. The van der Waals surface area contributed by atoms with Crippen LogP contribution in [0.5, 0.6) is 0 Å². The van der Waals surface area contributed by atoms with E-state index in [1.54, 1.807) is 0 Å². The Morgan fingerprint density at radius 3 is 2.77 bits per heavy atom. The third kappa shape index (κ3) is 3.84. The van der Waals surface area contributed by atoms with Crippen LogP contribution in [0.15, 0.2) is 24.5 Å². The van der Waals surface area contributed by atoms with Crippen molar-refractivity contribution in [1.29, 1.82) is 0 Å². The predicted octanol–water partition coefficient (Wildman–Crippen LogP) is 1.84. The summed E-state index contributed by atoms with van der Waals surface area (Å²) < 4.78 is 0. The molecule has 1 aromatic heterocycles. The Morgan fingerprint density at radius 1 is 1.27 bits per heavy atom. The van der Waals surface area contributed by atoms with E-state index >= 15 is 0 Å². The monoisotopic (exact) mass is 303 g/mol. The van der Waals surface area contributed by atoms with Gasteiger partial charge in [-0.2, -0.15) is 0 Å². The minimum absolute atomic E-state index is 0.165. The van der Waals surface area contributed by atoms with E-state index in [4.69, 9.17) is 0 Å². The summed E-state index contributed by atoms with van der Waals surface area (Å²) >= 11 is 0. The lowest BCUT2D eigenvalue weighted by Gasteiger charge is -2.41. The van der Waals surface area contributed by atoms with Crippen molar-refractivity contribution in [1.82, 2.24) is 14.8 Å². The molecule has 120 valence electrons. The number of rotatable bonds is 4. The molecule has 2 aliphatic rings. The largest absolute Gasteiger partial charge is 0.481 e. The minimum Gasteiger partial charge on any atom is -0.481 e. The number of aromatic nitrogens is 1. The van der Waals surface area contributed by atoms with Crippen LogP contribution in [0.2, 0.25) is 0 Å². The number of hydrogen-bond acceptors (Lipinski definition) is 4. The van der Waals surface area contributed by atoms with Gasteiger partial charge in [0, 0.05) is 31.5 Å². The third-order valence-corrected chi connectivity index (χ3v) is 5.00. The van der Waals surface area contributed by atoms with Crippen molar-refractivity contribution in [3.8, 4) is 0 Å². The summed E-state index contributed by atoms with van der Waals surface area (Å²) in [6.07, 6.45) is 7.90. The number of carboxylic acid groups (broad SMARTS) is 1. The second-order valence-electron chi connectivity index (χ2n) is 6.54. The van der Waals surface area contributed by atoms with Gasteiger partial charge in [-0.05, 0) is 56.9 Å². The van der Waals surface area contributed by atoms with Gasteiger partial charge in [0.15, 0.2) is 0 Å². The summed E-state index contributed by atoms with van der Waals surface area (Å²) in [5, 5.41) is 9.22. The van der Waals surface area contributed by atoms with Gasteiger partial charge in [-0.25, -0.2) is 0 Å². The molecule has 0 spiro atoms. The standard InChI is InChI=1S/C17H25N3O2/c21-17(22)15-4-2-8-20(13-15)16-5-9-19(10-6-16)12-14-3-1-7-18-11-14/h1,3,7,11,15-16H,2,4-6,8-10,12-13H2,(H,21,22). The van der Waals surface area contributed by atoms with Gasteiger partial charge in [-0.1, -0.05) is 6.07 Å². The Morgan fingerprint density at radius 2 is 2.09 bits per heavy atom. The zero-order valence-corrected chi connectivity index (χ0v) is 13.0. The highest BCUT2D eigenvalue weighted by Crippen LogP contribution is 2.24. The van der Waals surface area contributed by atoms with Crippen LogP contribution >= 0.6 is 0 Å². The van der Waals surface area contributed by atoms with Crippen LogP contribution in [-0.4, -0.2) is 58.1 Å². The molecule has 0 radical (unpaired) electrons. The summed E-state index contributed by atoms with van der Waals surface area (Å²) in [4.78, 5) is 20.3. The van der Waals surface area contributed by atoms with E-state index in [-0.39, 0.29) is 5.92 Å². The number of hydrogen-bond donors (Lipinski definition) is 1. The summed E-state index contributed by atoms with van der Waals surface area (Å²) in [6.45, 7) is 4.96. The molecule has 0 saturated carbocycles. The maximum absolute atomic E-state index is 11.2. The average Bonchev–Trinajstić information content (AvgIpc) is 2.56. The first-order valence-electron chi connectivity index (χ1n) is 8.30. The Labute approximate surface area is 131 Å². The van der Waals surface area contributed by atoms with E-state index in [0.29, 0.717) is 6.04 Å². The lowest BCUT2D eigenvalue weighted by molar-refractivity contribution is -0.144. The van der Waals surface area contributed by atoms with Crippen molar-refractivity contribution in [2.75, 3.05) is 26.2 Å². The number of piperidine rings is 2. The molecule has 1 N–H and O–H groups in total. The molecule has 0 amide bonds. The molecular formula is C17H25N3O2.